The molecule has 0 aliphatic heterocycles. The topological polar surface area (TPSA) is 15.3 Å². The summed E-state index contributed by atoms with van der Waals surface area (Å²) in [4.78, 5) is 2.12. The van der Waals surface area contributed by atoms with Crippen LogP contribution in [0.5, 0.6) is 0 Å². The molecule has 1 aromatic rings. The molecule has 15 heavy (non-hydrogen) atoms. The lowest BCUT2D eigenvalue weighted by Gasteiger charge is -2.12. The van der Waals surface area contributed by atoms with Gasteiger partial charge in [0.05, 0.1) is 0 Å². The second kappa shape index (κ2) is 6.11. The normalized spacial score (nSPS) is 11.0. The highest BCUT2D eigenvalue weighted by Gasteiger charge is 2.02. The zero-order chi connectivity index (χ0) is 11.3. The van der Waals surface area contributed by atoms with Crippen LogP contribution in [0.15, 0.2) is 18.2 Å². The number of rotatable bonds is 5. The quantitative estimate of drug-likeness (QED) is 0.828. The summed E-state index contributed by atoms with van der Waals surface area (Å²) in [6.45, 7) is 1.88. The van der Waals surface area contributed by atoms with Gasteiger partial charge in [-0.1, -0.05) is 23.7 Å². The molecule has 3 heteroatoms. The maximum Gasteiger partial charge on any atom is 0.0453 e. The highest BCUT2D eigenvalue weighted by Crippen LogP contribution is 2.19. The molecular formula is C12H19ClN2. The monoisotopic (exact) mass is 226 g/mol. The number of nitrogens with zero attached hydrogens (tertiary/aromatic N) is 1. The number of likely N-dealkylation sites (N-methyl/N-ethyl adjacent to an activating group) is 1. The fourth-order valence-electron chi connectivity index (χ4n) is 1.48. The van der Waals surface area contributed by atoms with Crippen molar-refractivity contribution in [2.45, 2.75) is 13.0 Å². The zero-order valence-electron chi connectivity index (χ0n) is 9.68. The van der Waals surface area contributed by atoms with E-state index in [1.54, 1.807) is 0 Å². The fourth-order valence-corrected chi connectivity index (χ4v) is 1.75. The van der Waals surface area contributed by atoms with E-state index in [4.69, 9.17) is 11.6 Å². The van der Waals surface area contributed by atoms with E-state index < -0.39 is 0 Å². The summed E-state index contributed by atoms with van der Waals surface area (Å²) < 4.78 is 0. The summed E-state index contributed by atoms with van der Waals surface area (Å²) >= 11 is 6.21. The summed E-state index contributed by atoms with van der Waals surface area (Å²) in [6.07, 6.45) is 1.03. The van der Waals surface area contributed by atoms with Crippen LogP contribution in [0, 0.1) is 0 Å². The van der Waals surface area contributed by atoms with Crippen LogP contribution in [-0.2, 0) is 13.0 Å². The van der Waals surface area contributed by atoms with Crippen LogP contribution >= 0.6 is 11.6 Å². The Morgan fingerprint density at radius 1 is 1.33 bits per heavy atom. The predicted molar refractivity (Wildman–Crippen MR) is 66.5 cm³/mol. The minimum Gasteiger partial charge on any atom is -0.319 e. The molecule has 0 heterocycles. The third-order valence-corrected chi connectivity index (χ3v) is 2.62. The number of benzene rings is 1. The summed E-state index contributed by atoms with van der Waals surface area (Å²) in [7, 11) is 6.05. The van der Waals surface area contributed by atoms with E-state index in [-0.39, 0.29) is 0 Å². The van der Waals surface area contributed by atoms with Gasteiger partial charge >= 0.3 is 0 Å². The molecule has 0 saturated carbocycles. The maximum absolute atomic E-state index is 6.21. The van der Waals surface area contributed by atoms with Crippen molar-refractivity contribution >= 4 is 11.6 Å². The van der Waals surface area contributed by atoms with E-state index in [2.05, 4.69) is 28.4 Å². The number of halogens is 1. The minimum absolute atomic E-state index is 0.873. The molecule has 0 radical (unpaired) electrons. The largest absolute Gasteiger partial charge is 0.319 e. The van der Waals surface area contributed by atoms with Crippen molar-refractivity contribution in [1.82, 2.24) is 10.2 Å². The van der Waals surface area contributed by atoms with E-state index >= 15 is 0 Å². The summed E-state index contributed by atoms with van der Waals surface area (Å²) in [5.41, 5.74) is 2.48. The van der Waals surface area contributed by atoms with Crippen LogP contribution in [0.1, 0.15) is 11.1 Å². The Morgan fingerprint density at radius 3 is 2.60 bits per heavy atom. The number of hydrogen-bond donors (Lipinski definition) is 1. The van der Waals surface area contributed by atoms with Crippen molar-refractivity contribution in [3.8, 4) is 0 Å². The van der Waals surface area contributed by atoms with Gasteiger partial charge in [0.15, 0.2) is 0 Å². The lowest BCUT2D eigenvalue weighted by molar-refractivity contribution is 0.402. The predicted octanol–water partition coefficient (Wildman–Crippen LogP) is 2.16. The van der Waals surface area contributed by atoms with Gasteiger partial charge in [-0.05, 0) is 51.3 Å². The Bertz CT molecular complexity index is 310. The van der Waals surface area contributed by atoms with E-state index in [0.717, 1.165) is 24.5 Å². The Morgan fingerprint density at radius 2 is 2.07 bits per heavy atom. The van der Waals surface area contributed by atoms with E-state index in [9.17, 15) is 0 Å². The van der Waals surface area contributed by atoms with Gasteiger partial charge in [-0.25, -0.2) is 0 Å². The minimum atomic E-state index is 0.873. The van der Waals surface area contributed by atoms with Gasteiger partial charge in [-0.3, -0.25) is 0 Å². The summed E-state index contributed by atoms with van der Waals surface area (Å²) in [5.74, 6) is 0. The Labute approximate surface area is 97.2 Å². The fraction of sp³-hybridized carbons (Fsp3) is 0.500. The molecule has 0 aliphatic rings. The van der Waals surface area contributed by atoms with Crippen LogP contribution in [0.25, 0.3) is 0 Å². The van der Waals surface area contributed by atoms with Crippen LogP contribution in [0.2, 0.25) is 5.02 Å². The third kappa shape index (κ3) is 4.20. The van der Waals surface area contributed by atoms with Gasteiger partial charge in [-0.2, -0.15) is 0 Å². The molecule has 1 aromatic carbocycles. The van der Waals surface area contributed by atoms with Crippen LogP contribution in [0.4, 0.5) is 0 Å². The smallest absolute Gasteiger partial charge is 0.0453 e. The molecule has 0 saturated heterocycles. The second-order valence-corrected chi connectivity index (χ2v) is 4.42. The molecule has 1 rings (SSSR count). The van der Waals surface area contributed by atoms with Crippen LogP contribution in [0.3, 0.4) is 0 Å². The molecular weight excluding hydrogens is 208 g/mol. The average molecular weight is 227 g/mol. The molecule has 0 amide bonds. The number of hydrogen-bond acceptors (Lipinski definition) is 2. The molecule has 0 bridgehead atoms. The first-order chi connectivity index (χ1) is 7.13. The molecule has 2 nitrogen and oxygen atoms in total. The van der Waals surface area contributed by atoms with Gasteiger partial charge in [0.25, 0.3) is 0 Å². The highest BCUT2D eigenvalue weighted by atomic mass is 35.5. The molecule has 1 N–H and O–H groups in total. The van der Waals surface area contributed by atoms with Crippen molar-refractivity contribution in [3.63, 3.8) is 0 Å². The average Bonchev–Trinajstić information content (AvgIpc) is 2.18. The molecule has 0 spiro atoms. The number of nitrogens with one attached hydrogen (secondary N) is 1. The van der Waals surface area contributed by atoms with Crippen molar-refractivity contribution in [2.75, 3.05) is 27.7 Å². The zero-order valence-corrected chi connectivity index (χ0v) is 10.4. The first-order valence-corrected chi connectivity index (χ1v) is 5.58. The molecule has 0 atom stereocenters. The van der Waals surface area contributed by atoms with Crippen LogP contribution in [-0.4, -0.2) is 32.6 Å². The Hall–Kier alpha value is -0.570. The van der Waals surface area contributed by atoms with Crippen molar-refractivity contribution in [1.29, 1.82) is 0 Å². The Kier molecular flexibility index (Phi) is 5.09. The van der Waals surface area contributed by atoms with Crippen LogP contribution < -0.4 is 5.32 Å². The van der Waals surface area contributed by atoms with Gasteiger partial charge in [0.2, 0.25) is 0 Å². The van der Waals surface area contributed by atoms with Crippen molar-refractivity contribution in [3.05, 3.63) is 34.3 Å². The Balaban J connectivity index is 2.70. The molecule has 0 aromatic heterocycles. The lowest BCUT2D eigenvalue weighted by Crippen LogP contribution is -2.12. The van der Waals surface area contributed by atoms with Gasteiger partial charge in [0, 0.05) is 11.6 Å². The first-order valence-electron chi connectivity index (χ1n) is 5.20. The summed E-state index contributed by atoms with van der Waals surface area (Å²) in [5, 5.41) is 4.00. The SMILES string of the molecule is CNCCc1ccc(CN(C)C)c(Cl)c1. The van der Waals surface area contributed by atoms with Crippen molar-refractivity contribution < 1.29 is 0 Å². The van der Waals surface area contributed by atoms with Gasteiger partial charge in [0.1, 0.15) is 0 Å². The second-order valence-electron chi connectivity index (χ2n) is 4.02. The molecule has 0 fully saturated rings. The van der Waals surface area contributed by atoms with Gasteiger partial charge in [-0.15, -0.1) is 0 Å². The van der Waals surface area contributed by atoms with E-state index in [1.165, 1.54) is 11.1 Å². The van der Waals surface area contributed by atoms with E-state index in [1.807, 2.05) is 21.1 Å². The lowest BCUT2D eigenvalue weighted by atomic mass is 10.1. The molecule has 0 aliphatic carbocycles. The van der Waals surface area contributed by atoms with Crippen molar-refractivity contribution in [2.24, 2.45) is 0 Å². The molecule has 0 unspecified atom stereocenters. The highest BCUT2D eigenvalue weighted by molar-refractivity contribution is 6.31. The first kappa shape index (κ1) is 12.5. The maximum atomic E-state index is 6.21. The van der Waals surface area contributed by atoms with Gasteiger partial charge < -0.3 is 10.2 Å². The third-order valence-electron chi connectivity index (χ3n) is 2.27. The van der Waals surface area contributed by atoms with E-state index in [0.29, 0.717) is 0 Å². The standard InChI is InChI=1S/C12H19ClN2/c1-14-7-6-10-4-5-11(9-15(2)3)12(13)8-10/h4-5,8,14H,6-7,9H2,1-3H3. The molecule has 84 valence electrons. The summed E-state index contributed by atoms with van der Waals surface area (Å²) in [6, 6.07) is 6.34.